The maximum absolute atomic E-state index is 12.1. The van der Waals surface area contributed by atoms with E-state index >= 15 is 0 Å². The number of sulfonamides is 1. The second kappa shape index (κ2) is 5.55. The van der Waals surface area contributed by atoms with E-state index in [0.29, 0.717) is 17.9 Å². The SMILES string of the molecule is Cc1oc(CN)cc1S(=O)(=O)NCCc1ncc[nH]1. The Labute approximate surface area is 111 Å². The standard InChI is InChI=1S/C11H16N4O3S/c1-8-10(6-9(7-12)18-8)19(16,17)15-3-2-11-13-4-5-14-11/h4-6,15H,2-3,7,12H2,1H3,(H,13,14). The van der Waals surface area contributed by atoms with Crippen LogP contribution in [0.4, 0.5) is 0 Å². The number of aromatic amines is 1. The molecule has 0 amide bonds. The summed E-state index contributed by atoms with van der Waals surface area (Å²) in [5, 5.41) is 0. The fourth-order valence-electron chi connectivity index (χ4n) is 1.71. The van der Waals surface area contributed by atoms with Crippen molar-refractivity contribution in [1.29, 1.82) is 0 Å². The van der Waals surface area contributed by atoms with E-state index in [1.807, 2.05) is 0 Å². The number of furan rings is 1. The largest absolute Gasteiger partial charge is 0.464 e. The highest BCUT2D eigenvalue weighted by molar-refractivity contribution is 7.89. The molecule has 2 aromatic rings. The molecular formula is C11H16N4O3S. The Kier molecular flexibility index (Phi) is 4.03. The van der Waals surface area contributed by atoms with Gasteiger partial charge in [-0.2, -0.15) is 0 Å². The molecule has 0 saturated heterocycles. The Morgan fingerprint density at radius 2 is 2.32 bits per heavy atom. The molecule has 19 heavy (non-hydrogen) atoms. The van der Waals surface area contributed by atoms with Gasteiger partial charge >= 0.3 is 0 Å². The smallest absolute Gasteiger partial charge is 0.244 e. The van der Waals surface area contributed by atoms with Crippen LogP contribution < -0.4 is 10.5 Å². The lowest BCUT2D eigenvalue weighted by atomic mass is 10.4. The van der Waals surface area contributed by atoms with Gasteiger partial charge in [0.05, 0.1) is 6.54 Å². The minimum absolute atomic E-state index is 0.132. The van der Waals surface area contributed by atoms with Gasteiger partial charge in [0.1, 0.15) is 22.2 Å². The molecule has 0 bridgehead atoms. The zero-order valence-corrected chi connectivity index (χ0v) is 11.3. The van der Waals surface area contributed by atoms with Crippen LogP contribution in [0, 0.1) is 6.92 Å². The van der Waals surface area contributed by atoms with E-state index < -0.39 is 10.0 Å². The highest BCUT2D eigenvalue weighted by atomic mass is 32.2. The van der Waals surface area contributed by atoms with Crippen molar-refractivity contribution in [2.24, 2.45) is 5.73 Å². The monoisotopic (exact) mass is 284 g/mol. The molecule has 0 aliphatic rings. The summed E-state index contributed by atoms with van der Waals surface area (Å²) in [6, 6.07) is 1.45. The average Bonchev–Trinajstić information content (AvgIpc) is 2.98. The van der Waals surface area contributed by atoms with Gasteiger partial charge in [-0.3, -0.25) is 0 Å². The van der Waals surface area contributed by atoms with Crippen molar-refractivity contribution in [1.82, 2.24) is 14.7 Å². The van der Waals surface area contributed by atoms with E-state index in [2.05, 4.69) is 14.7 Å². The van der Waals surface area contributed by atoms with Crippen LogP contribution in [0.1, 0.15) is 17.3 Å². The first-order valence-electron chi connectivity index (χ1n) is 5.80. The zero-order chi connectivity index (χ0) is 13.9. The summed E-state index contributed by atoms with van der Waals surface area (Å²) < 4.78 is 31.9. The number of rotatable bonds is 6. The fourth-order valence-corrected chi connectivity index (χ4v) is 2.94. The number of nitrogens with zero attached hydrogens (tertiary/aromatic N) is 1. The topological polar surface area (TPSA) is 114 Å². The van der Waals surface area contributed by atoms with E-state index in [1.165, 1.54) is 6.07 Å². The van der Waals surface area contributed by atoms with Crippen molar-refractivity contribution in [2.45, 2.75) is 24.8 Å². The number of imidazole rings is 1. The van der Waals surface area contributed by atoms with Crippen molar-refractivity contribution in [3.05, 3.63) is 35.8 Å². The molecule has 0 radical (unpaired) electrons. The van der Waals surface area contributed by atoms with Crippen LogP contribution in [0.2, 0.25) is 0 Å². The molecule has 0 saturated carbocycles. The summed E-state index contributed by atoms with van der Waals surface area (Å²) in [5.74, 6) is 1.52. The van der Waals surface area contributed by atoms with Gasteiger partial charge in [0.15, 0.2) is 0 Å². The summed E-state index contributed by atoms with van der Waals surface area (Å²) in [6.45, 7) is 2.03. The van der Waals surface area contributed by atoms with Crippen LogP contribution in [0.3, 0.4) is 0 Å². The third-order valence-corrected chi connectivity index (χ3v) is 4.19. The maximum Gasteiger partial charge on any atom is 0.244 e. The Balaban J connectivity index is 2.03. The molecule has 2 rings (SSSR count). The van der Waals surface area contributed by atoms with Crippen molar-refractivity contribution in [3.63, 3.8) is 0 Å². The van der Waals surface area contributed by atoms with Crippen LogP contribution in [0.5, 0.6) is 0 Å². The fraction of sp³-hybridized carbons (Fsp3) is 0.364. The van der Waals surface area contributed by atoms with Gasteiger partial charge in [-0.05, 0) is 6.92 Å². The molecular weight excluding hydrogens is 268 g/mol. The second-order valence-electron chi connectivity index (χ2n) is 4.02. The quantitative estimate of drug-likeness (QED) is 0.705. The molecule has 2 aromatic heterocycles. The van der Waals surface area contributed by atoms with Gasteiger partial charge in [0.2, 0.25) is 10.0 Å². The van der Waals surface area contributed by atoms with E-state index in [1.54, 1.807) is 19.3 Å². The van der Waals surface area contributed by atoms with Gasteiger partial charge in [-0.1, -0.05) is 0 Å². The van der Waals surface area contributed by atoms with Crippen LogP contribution in [0.25, 0.3) is 0 Å². The van der Waals surface area contributed by atoms with Crippen LogP contribution in [-0.2, 0) is 23.0 Å². The number of nitrogens with one attached hydrogen (secondary N) is 2. The van der Waals surface area contributed by atoms with Gasteiger partial charge in [-0.25, -0.2) is 18.1 Å². The molecule has 8 heteroatoms. The molecule has 0 spiro atoms. The lowest BCUT2D eigenvalue weighted by Crippen LogP contribution is -2.26. The summed E-state index contributed by atoms with van der Waals surface area (Å²) in [4.78, 5) is 7.06. The van der Waals surface area contributed by atoms with Crippen LogP contribution in [-0.4, -0.2) is 24.9 Å². The minimum atomic E-state index is -3.57. The highest BCUT2D eigenvalue weighted by Gasteiger charge is 2.20. The van der Waals surface area contributed by atoms with Crippen molar-refractivity contribution >= 4 is 10.0 Å². The lowest BCUT2D eigenvalue weighted by Gasteiger charge is -2.04. The number of nitrogens with two attached hydrogens (primary N) is 1. The first-order chi connectivity index (χ1) is 9.03. The third-order valence-electron chi connectivity index (χ3n) is 2.62. The number of hydrogen-bond donors (Lipinski definition) is 3. The van der Waals surface area contributed by atoms with Crippen molar-refractivity contribution < 1.29 is 12.8 Å². The van der Waals surface area contributed by atoms with Gasteiger partial charge < -0.3 is 15.1 Å². The summed E-state index contributed by atoms with van der Waals surface area (Å²) in [7, 11) is -3.57. The lowest BCUT2D eigenvalue weighted by molar-refractivity contribution is 0.478. The predicted molar refractivity (Wildman–Crippen MR) is 68.8 cm³/mol. The van der Waals surface area contributed by atoms with E-state index in [4.69, 9.17) is 10.2 Å². The van der Waals surface area contributed by atoms with Crippen molar-refractivity contribution in [2.75, 3.05) is 6.54 Å². The normalized spacial score (nSPS) is 11.9. The minimum Gasteiger partial charge on any atom is -0.464 e. The van der Waals surface area contributed by atoms with Crippen molar-refractivity contribution in [3.8, 4) is 0 Å². The first kappa shape index (κ1) is 13.8. The summed E-state index contributed by atoms with van der Waals surface area (Å²) in [5.41, 5.74) is 5.42. The molecule has 0 aliphatic heterocycles. The zero-order valence-electron chi connectivity index (χ0n) is 10.5. The number of H-pyrrole nitrogens is 1. The Morgan fingerprint density at radius 3 is 2.89 bits per heavy atom. The second-order valence-corrected chi connectivity index (χ2v) is 5.76. The Morgan fingerprint density at radius 1 is 1.53 bits per heavy atom. The molecule has 0 fully saturated rings. The molecule has 0 unspecified atom stereocenters. The average molecular weight is 284 g/mol. The van der Waals surface area contributed by atoms with Crippen LogP contribution >= 0.6 is 0 Å². The summed E-state index contributed by atoms with van der Waals surface area (Å²) in [6.07, 6.45) is 3.81. The van der Waals surface area contributed by atoms with E-state index in [9.17, 15) is 8.42 Å². The van der Waals surface area contributed by atoms with Gasteiger partial charge in [0, 0.05) is 31.4 Å². The molecule has 7 nitrogen and oxygen atoms in total. The molecule has 104 valence electrons. The molecule has 0 atom stereocenters. The molecule has 2 heterocycles. The summed E-state index contributed by atoms with van der Waals surface area (Å²) >= 11 is 0. The highest BCUT2D eigenvalue weighted by Crippen LogP contribution is 2.19. The Bertz CT molecular complexity index is 631. The van der Waals surface area contributed by atoms with E-state index in [-0.39, 0.29) is 18.0 Å². The molecule has 0 aromatic carbocycles. The number of aromatic nitrogens is 2. The maximum atomic E-state index is 12.1. The number of hydrogen-bond acceptors (Lipinski definition) is 5. The van der Waals surface area contributed by atoms with Crippen LogP contribution in [0.15, 0.2) is 27.8 Å². The van der Waals surface area contributed by atoms with Gasteiger partial charge in [-0.15, -0.1) is 0 Å². The first-order valence-corrected chi connectivity index (χ1v) is 7.28. The molecule has 4 N–H and O–H groups in total. The third kappa shape index (κ3) is 3.22. The molecule has 0 aliphatic carbocycles. The van der Waals surface area contributed by atoms with E-state index in [0.717, 1.165) is 5.82 Å². The number of aryl methyl sites for hydroxylation is 1. The van der Waals surface area contributed by atoms with Gasteiger partial charge in [0.25, 0.3) is 0 Å². The Hall–Kier alpha value is -1.64. The predicted octanol–water partition coefficient (Wildman–Crippen LogP) is 0.291.